The molecular formula is C26H44N2O5S. The van der Waals surface area contributed by atoms with Crippen LogP contribution in [-0.4, -0.2) is 32.3 Å². The number of unbranched alkanes of at least 4 members (excludes halogenated alkanes) is 13. The Bertz CT molecular complexity index is 697. The molecule has 1 unspecified atom stereocenters. The number of carboxylic acids is 1. The van der Waals surface area contributed by atoms with Crippen molar-refractivity contribution < 1.29 is 23.5 Å². The number of carbonyl (C=O) groups is 2. The highest BCUT2D eigenvalue weighted by molar-refractivity contribution is 7.80. The van der Waals surface area contributed by atoms with Crippen LogP contribution in [-0.2, 0) is 27.3 Å². The minimum atomic E-state index is -2.07. The van der Waals surface area contributed by atoms with Crippen LogP contribution in [0.5, 0.6) is 0 Å². The molecule has 1 atom stereocenters. The molecule has 1 amide bonds. The molecule has 7 nitrogen and oxygen atoms in total. The van der Waals surface area contributed by atoms with E-state index in [1.807, 2.05) is 12.1 Å². The average molecular weight is 497 g/mol. The van der Waals surface area contributed by atoms with Crippen LogP contribution in [0, 0.1) is 0 Å². The van der Waals surface area contributed by atoms with Gasteiger partial charge in [0.05, 0.1) is 0 Å². The molecule has 194 valence electrons. The summed E-state index contributed by atoms with van der Waals surface area (Å²) in [5, 5.41) is 11.6. The zero-order chi connectivity index (χ0) is 24.9. The van der Waals surface area contributed by atoms with E-state index in [-0.39, 0.29) is 5.91 Å². The molecule has 0 aliphatic heterocycles. The lowest BCUT2D eigenvalue weighted by atomic mass is 10.0. The van der Waals surface area contributed by atoms with Crippen LogP contribution in [0.25, 0.3) is 0 Å². The highest BCUT2D eigenvalue weighted by atomic mass is 32.2. The first-order valence-corrected chi connectivity index (χ1v) is 14.0. The molecule has 0 heterocycles. The first-order chi connectivity index (χ1) is 16.5. The number of carboxylic acid groups (broad SMARTS) is 1. The van der Waals surface area contributed by atoms with Gasteiger partial charge in [0.15, 0.2) is 0 Å². The lowest BCUT2D eigenvalue weighted by Crippen LogP contribution is -2.25. The van der Waals surface area contributed by atoms with E-state index in [1.165, 1.54) is 57.8 Å². The summed E-state index contributed by atoms with van der Waals surface area (Å²) in [7, 11) is 0. The second kappa shape index (κ2) is 20.4. The van der Waals surface area contributed by atoms with Gasteiger partial charge in [0.1, 0.15) is 0 Å². The van der Waals surface area contributed by atoms with Gasteiger partial charge in [-0.2, -0.15) is 0 Å². The van der Waals surface area contributed by atoms with E-state index < -0.39 is 17.2 Å². The summed E-state index contributed by atoms with van der Waals surface area (Å²) in [6.07, 6.45) is 18.1. The zero-order valence-electron chi connectivity index (χ0n) is 20.6. The average Bonchev–Trinajstić information content (AvgIpc) is 2.79. The lowest BCUT2D eigenvalue weighted by Gasteiger charge is -2.07. The fraction of sp³-hybridized carbons (Fsp3) is 0.692. The Balaban J connectivity index is 1.84. The monoisotopic (exact) mass is 496 g/mol. The predicted molar refractivity (Wildman–Crippen MR) is 139 cm³/mol. The van der Waals surface area contributed by atoms with E-state index in [4.69, 9.17) is 9.66 Å². The minimum Gasteiger partial charge on any atom is -0.481 e. The fourth-order valence-electron chi connectivity index (χ4n) is 3.96. The van der Waals surface area contributed by atoms with Crippen LogP contribution in [0.15, 0.2) is 24.3 Å². The predicted octanol–water partition coefficient (Wildman–Crippen LogP) is 6.22. The molecule has 0 aliphatic rings. The molecule has 0 aromatic heterocycles. The Morgan fingerprint density at radius 2 is 1.15 bits per heavy atom. The molecule has 1 aromatic rings. The van der Waals surface area contributed by atoms with E-state index in [0.29, 0.717) is 25.1 Å². The Morgan fingerprint density at radius 1 is 0.706 bits per heavy atom. The molecule has 1 aromatic carbocycles. The van der Waals surface area contributed by atoms with Crippen molar-refractivity contribution in [2.45, 2.75) is 109 Å². The summed E-state index contributed by atoms with van der Waals surface area (Å²) < 4.78 is 21.9. The third kappa shape index (κ3) is 18.5. The van der Waals surface area contributed by atoms with Crippen LogP contribution in [0.1, 0.15) is 108 Å². The molecule has 0 bridgehead atoms. The second-order valence-electron chi connectivity index (χ2n) is 8.99. The van der Waals surface area contributed by atoms with Crippen molar-refractivity contribution in [1.82, 2.24) is 5.32 Å². The Morgan fingerprint density at radius 3 is 1.59 bits per heavy atom. The molecule has 0 aliphatic carbocycles. The maximum atomic E-state index is 12.0. The largest absolute Gasteiger partial charge is 0.481 e. The maximum Gasteiger partial charge on any atom is 0.303 e. The molecular weight excluding hydrogens is 452 g/mol. The number of rotatable bonds is 22. The molecule has 0 fully saturated rings. The van der Waals surface area contributed by atoms with Crippen LogP contribution < -0.4 is 10.0 Å². The number of aliphatic carboxylic acids is 1. The first kappa shape index (κ1) is 30.1. The van der Waals surface area contributed by atoms with Crippen LogP contribution in [0.2, 0.25) is 0 Å². The van der Waals surface area contributed by atoms with Gasteiger partial charge in [-0.3, -0.25) is 18.9 Å². The van der Waals surface area contributed by atoms with Crippen molar-refractivity contribution in [2.75, 3.05) is 11.3 Å². The topological polar surface area (TPSA) is 116 Å². The highest BCUT2D eigenvalue weighted by Gasteiger charge is 2.02. The van der Waals surface area contributed by atoms with Gasteiger partial charge in [-0.1, -0.05) is 89.2 Å². The standard InChI is InChI=1S/C26H44N2O5S/c29-25(27-22-21-23-17-19-24(20-18-23)28-34(32)33)15-13-11-9-7-5-3-1-2-4-6-8-10-12-14-16-26(30)31/h17-20,28H,1-16,21-22H2,(H,27,29)(H,30,31)(H,32,33). The van der Waals surface area contributed by atoms with Crippen molar-refractivity contribution in [3.05, 3.63) is 29.8 Å². The molecule has 0 saturated heterocycles. The van der Waals surface area contributed by atoms with Gasteiger partial charge in [-0.25, -0.2) is 4.21 Å². The Kier molecular flexibility index (Phi) is 18.1. The van der Waals surface area contributed by atoms with E-state index in [0.717, 1.165) is 44.1 Å². The number of hydrogen-bond acceptors (Lipinski definition) is 3. The quantitative estimate of drug-likeness (QED) is 0.112. The van der Waals surface area contributed by atoms with Gasteiger partial charge in [0.25, 0.3) is 11.3 Å². The van der Waals surface area contributed by atoms with Crippen molar-refractivity contribution in [3.8, 4) is 0 Å². The third-order valence-electron chi connectivity index (χ3n) is 5.94. The number of carbonyl (C=O) groups excluding carboxylic acids is 1. The van der Waals surface area contributed by atoms with Crippen molar-refractivity contribution in [2.24, 2.45) is 0 Å². The van der Waals surface area contributed by atoms with Crippen LogP contribution >= 0.6 is 0 Å². The summed E-state index contributed by atoms with van der Waals surface area (Å²) >= 11 is -2.07. The molecule has 4 N–H and O–H groups in total. The number of amides is 1. The number of benzene rings is 1. The van der Waals surface area contributed by atoms with Gasteiger partial charge < -0.3 is 10.4 Å². The summed E-state index contributed by atoms with van der Waals surface area (Å²) in [5.74, 6) is -0.576. The number of nitrogens with one attached hydrogen (secondary N) is 2. The van der Waals surface area contributed by atoms with E-state index in [9.17, 15) is 13.8 Å². The minimum absolute atomic E-state index is 0.107. The Hall–Kier alpha value is -1.93. The molecule has 8 heteroatoms. The lowest BCUT2D eigenvalue weighted by molar-refractivity contribution is -0.137. The summed E-state index contributed by atoms with van der Waals surface area (Å²) in [6, 6.07) is 7.27. The van der Waals surface area contributed by atoms with E-state index in [1.54, 1.807) is 12.1 Å². The van der Waals surface area contributed by atoms with Crippen molar-refractivity contribution >= 4 is 28.8 Å². The molecule has 0 spiro atoms. The van der Waals surface area contributed by atoms with Crippen molar-refractivity contribution in [3.63, 3.8) is 0 Å². The number of anilines is 1. The number of hydrogen-bond donors (Lipinski definition) is 4. The molecule has 1 rings (SSSR count). The van der Waals surface area contributed by atoms with Crippen LogP contribution in [0.3, 0.4) is 0 Å². The van der Waals surface area contributed by atoms with E-state index >= 15 is 0 Å². The normalized spacial score (nSPS) is 11.8. The first-order valence-electron chi connectivity index (χ1n) is 12.9. The molecule has 34 heavy (non-hydrogen) atoms. The fourth-order valence-corrected chi connectivity index (χ4v) is 4.30. The maximum absolute atomic E-state index is 12.0. The smallest absolute Gasteiger partial charge is 0.303 e. The third-order valence-corrected chi connectivity index (χ3v) is 6.35. The van der Waals surface area contributed by atoms with Crippen molar-refractivity contribution in [1.29, 1.82) is 0 Å². The van der Waals surface area contributed by atoms with Gasteiger partial charge in [-0.15, -0.1) is 0 Å². The van der Waals surface area contributed by atoms with Gasteiger partial charge in [0.2, 0.25) is 5.91 Å². The van der Waals surface area contributed by atoms with Crippen LogP contribution in [0.4, 0.5) is 5.69 Å². The molecule has 0 saturated carbocycles. The highest BCUT2D eigenvalue weighted by Crippen LogP contribution is 2.14. The second-order valence-corrected chi connectivity index (χ2v) is 9.69. The Labute approximate surface area is 207 Å². The van der Waals surface area contributed by atoms with Gasteiger partial charge >= 0.3 is 5.97 Å². The summed E-state index contributed by atoms with van der Waals surface area (Å²) in [6.45, 7) is 0.599. The summed E-state index contributed by atoms with van der Waals surface area (Å²) in [5.41, 5.74) is 1.66. The SMILES string of the molecule is O=C(O)CCCCCCCCCCCCCCCCC(=O)NCCc1ccc(NS(=O)O)cc1. The molecule has 0 radical (unpaired) electrons. The zero-order valence-corrected chi connectivity index (χ0v) is 21.4. The van der Waals surface area contributed by atoms with E-state index in [2.05, 4.69) is 10.0 Å². The van der Waals surface area contributed by atoms with Gasteiger partial charge in [0, 0.05) is 25.1 Å². The van der Waals surface area contributed by atoms with Gasteiger partial charge in [-0.05, 0) is 37.0 Å². The summed E-state index contributed by atoms with van der Waals surface area (Å²) in [4.78, 5) is 22.4.